The Kier molecular flexibility index (Phi) is 3.57. The van der Waals surface area contributed by atoms with Crippen molar-refractivity contribution in [3.8, 4) is 17.0 Å². The summed E-state index contributed by atoms with van der Waals surface area (Å²) in [6.07, 6.45) is -3.08. The van der Waals surface area contributed by atoms with Crippen molar-refractivity contribution in [2.45, 2.75) is 12.1 Å². The van der Waals surface area contributed by atoms with E-state index in [0.29, 0.717) is 22.8 Å². The molecule has 3 aromatic rings. The second-order valence-corrected chi connectivity index (χ2v) is 7.29. The Morgan fingerprint density at radius 2 is 1.79 bits per heavy atom. The highest BCUT2D eigenvalue weighted by atomic mass is 19.4. The first-order valence-corrected chi connectivity index (χ1v) is 8.82. The van der Waals surface area contributed by atoms with Crippen LogP contribution in [0, 0.1) is 11.8 Å². The fourth-order valence-electron chi connectivity index (χ4n) is 3.97. The van der Waals surface area contributed by atoms with E-state index in [1.807, 2.05) is 0 Å². The zero-order chi connectivity index (χ0) is 20.6. The van der Waals surface area contributed by atoms with Crippen LogP contribution in [0.4, 0.5) is 27.8 Å². The Hall–Kier alpha value is -3.04. The van der Waals surface area contributed by atoms with Gasteiger partial charge in [0.1, 0.15) is 17.0 Å². The zero-order valence-electron chi connectivity index (χ0n) is 14.7. The van der Waals surface area contributed by atoms with Crippen molar-refractivity contribution in [3.63, 3.8) is 0 Å². The van der Waals surface area contributed by atoms with Crippen molar-refractivity contribution < 1.29 is 27.1 Å². The third-order valence-corrected chi connectivity index (χ3v) is 5.60. The van der Waals surface area contributed by atoms with Gasteiger partial charge in [0.15, 0.2) is 5.82 Å². The van der Waals surface area contributed by atoms with Crippen LogP contribution in [0.25, 0.3) is 22.2 Å². The van der Waals surface area contributed by atoms with Gasteiger partial charge in [0.05, 0.1) is 17.4 Å². The molecule has 1 saturated heterocycles. The number of aromatic hydroxyl groups is 1. The molecule has 1 aliphatic carbocycles. The second-order valence-electron chi connectivity index (χ2n) is 7.29. The molecule has 29 heavy (non-hydrogen) atoms. The molecule has 1 saturated carbocycles. The van der Waals surface area contributed by atoms with Gasteiger partial charge in [-0.25, -0.2) is 8.78 Å². The number of aromatic nitrogens is 3. The molecule has 0 amide bonds. The predicted molar refractivity (Wildman–Crippen MR) is 93.6 cm³/mol. The smallest absolute Gasteiger partial charge is 0.416 e. The average Bonchev–Trinajstić information content (AvgIpc) is 3.02. The maximum atomic E-state index is 13.5. The van der Waals surface area contributed by atoms with Gasteiger partial charge in [-0.2, -0.15) is 13.2 Å². The minimum atomic E-state index is -4.59. The molecular formula is C19H13F5N4O. The summed E-state index contributed by atoms with van der Waals surface area (Å²) in [5.41, 5.74) is -0.354. The predicted octanol–water partition coefficient (Wildman–Crippen LogP) is 4.12. The van der Waals surface area contributed by atoms with E-state index in [1.165, 1.54) is 6.20 Å². The maximum Gasteiger partial charge on any atom is 0.416 e. The van der Waals surface area contributed by atoms with E-state index < -0.39 is 35.2 Å². The van der Waals surface area contributed by atoms with Gasteiger partial charge in [0, 0.05) is 30.2 Å². The lowest BCUT2D eigenvalue weighted by Crippen LogP contribution is -2.28. The standard InChI is InChI=1S/C19H13F5N4O/c20-18(21)12-7-28(8-13(12)18)17-16-11(2-1-5-25-16)15(26-27-17)10-4-3-9(6-14(10)29)19(22,23)24/h1-6,12-13,29H,7-8H2/t12-,13+. The molecule has 0 unspecified atom stereocenters. The van der Waals surface area contributed by atoms with Crippen molar-refractivity contribution >= 4 is 16.7 Å². The van der Waals surface area contributed by atoms with E-state index in [9.17, 15) is 27.1 Å². The first-order chi connectivity index (χ1) is 13.7. The van der Waals surface area contributed by atoms with Gasteiger partial charge in [-0.15, -0.1) is 10.2 Å². The van der Waals surface area contributed by atoms with Crippen molar-refractivity contribution in [3.05, 3.63) is 42.1 Å². The lowest BCUT2D eigenvalue weighted by molar-refractivity contribution is -0.137. The molecule has 2 aromatic heterocycles. The van der Waals surface area contributed by atoms with Crippen molar-refractivity contribution in [2.24, 2.45) is 11.8 Å². The summed E-state index contributed by atoms with van der Waals surface area (Å²) in [4.78, 5) is 5.98. The molecule has 1 aromatic carbocycles. The molecule has 0 radical (unpaired) electrons. The van der Waals surface area contributed by atoms with Gasteiger partial charge < -0.3 is 10.0 Å². The van der Waals surface area contributed by atoms with Crippen LogP contribution in [0.1, 0.15) is 5.56 Å². The zero-order valence-corrected chi connectivity index (χ0v) is 14.7. The number of alkyl halides is 5. The number of piperidine rings is 1. The first-order valence-electron chi connectivity index (χ1n) is 8.82. The molecule has 0 spiro atoms. The molecule has 0 bridgehead atoms. The molecular weight excluding hydrogens is 395 g/mol. The number of benzene rings is 1. The van der Waals surface area contributed by atoms with Crippen LogP contribution < -0.4 is 4.90 Å². The number of phenols is 1. The number of pyridine rings is 1. The summed E-state index contributed by atoms with van der Waals surface area (Å²) in [5.74, 6) is -4.30. The summed E-state index contributed by atoms with van der Waals surface area (Å²) in [7, 11) is 0. The van der Waals surface area contributed by atoms with Gasteiger partial charge in [-0.3, -0.25) is 4.98 Å². The minimum Gasteiger partial charge on any atom is -0.507 e. The van der Waals surface area contributed by atoms with E-state index in [0.717, 1.165) is 12.1 Å². The Bertz CT molecular complexity index is 1120. The maximum absolute atomic E-state index is 13.5. The Labute approximate surface area is 160 Å². The number of fused-ring (bicyclic) bond motifs is 2. The monoisotopic (exact) mass is 408 g/mol. The molecule has 1 aliphatic heterocycles. The van der Waals surface area contributed by atoms with Gasteiger partial charge >= 0.3 is 6.18 Å². The van der Waals surface area contributed by atoms with Crippen LogP contribution in [0.2, 0.25) is 0 Å². The van der Waals surface area contributed by atoms with Crippen molar-refractivity contribution in [1.29, 1.82) is 0 Å². The van der Waals surface area contributed by atoms with Gasteiger partial charge in [0.2, 0.25) is 0 Å². The highest BCUT2D eigenvalue weighted by Crippen LogP contribution is 2.59. The lowest BCUT2D eigenvalue weighted by Gasteiger charge is -2.22. The molecule has 2 aliphatic rings. The largest absolute Gasteiger partial charge is 0.507 e. The molecule has 5 nitrogen and oxygen atoms in total. The SMILES string of the molecule is Oc1cc(C(F)(F)F)ccc1-c1nnc(N2C[C@@H]3[C@H](C2)C3(F)F)c2ncccc12. The third kappa shape index (κ3) is 2.69. The third-order valence-electron chi connectivity index (χ3n) is 5.60. The van der Waals surface area contributed by atoms with Crippen LogP contribution in [0.15, 0.2) is 36.5 Å². The topological polar surface area (TPSA) is 62.1 Å². The Morgan fingerprint density at radius 3 is 2.45 bits per heavy atom. The summed E-state index contributed by atoms with van der Waals surface area (Å²) in [6, 6.07) is 5.87. The Morgan fingerprint density at radius 1 is 1.07 bits per heavy atom. The fourth-order valence-corrected chi connectivity index (χ4v) is 3.97. The average molecular weight is 408 g/mol. The van der Waals surface area contributed by atoms with Crippen LogP contribution in [-0.2, 0) is 6.18 Å². The molecule has 2 fully saturated rings. The van der Waals surface area contributed by atoms with Crippen molar-refractivity contribution in [2.75, 3.05) is 18.0 Å². The fraction of sp³-hybridized carbons (Fsp3) is 0.316. The normalized spacial score (nSPS) is 22.7. The first kappa shape index (κ1) is 18.0. The van der Waals surface area contributed by atoms with Crippen LogP contribution >= 0.6 is 0 Å². The number of nitrogens with zero attached hydrogens (tertiary/aromatic N) is 4. The van der Waals surface area contributed by atoms with E-state index in [-0.39, 0.29) is 24.3 Å². The molecule has 5 rings (SSSR count). The molecule has 10 heteroatoms. The highest BCUT2D eigenvalue weighted by molar-refractivity contribution is 5.98. The van der Waals surface area contributed by atoms with Crippen molar-refractivity contribution in [1.82, 2.24) is 15.2 Å². The van der Waals surface area contributed by atoms with Crippen LogP contribution in [-0.4, -0.2) is 39.3 Å². The van der Waals surface area contributed by atoms with E-state index >= 15 is 0 Å². The quantitative estimate of drug-likeness (QED) is 0.647. The number of halogens is 5. The highest BCUT2D eigenvalue weighted by Gasteiger charge is 2.72. The summed E-state index contributed by atoms with van der Waals surface area (Å²) >= 11 is 0. The Balaban J connectivity index is 1.58. The number of hydrogen-bond donors (Lipinski definition) is 1. The summed E-state index contributed by atoms with van der Waals surface area (Å²) in [6.45, 7) is 0.284. The molecule has 1 N–H and O–H groups in total. The number of phenolic OH excluding ortho intramolecular Hbond substituents is 1. The molecule has 2 atom stereocenters. The number of hydrogen-bond acceptors (Lipinski definition) is 5. The molecule has 3 heterocycles. The number of rotatable bonds is 2. The van der Waals surface area contributed by atoms with Crippen LogP contribution in [0.5, 0.6) is 5.75 Å². The van der Waals surface area contributed by atoms with Crippen LogP contribution in [0.3, 0.4) is 0 Å². The lowest BCUT2D eigenvalue weighted by atomic mass is 10.0. The van der Waals surface area contributed by atoms with Gasteiger partial charge in [0.25, 0.3) is 5.92 Å². The van der Waals surface area contributed by atoms with E-state index in [1.54, 1.807) is 17.0 Å². The summed E-state index contributed by atoms with van der Waals surface area (Å²) in [5, 5.41) is 18.8. The second kappa shape index (κ2) is 5.74. The van der Waals surface area contributed by atoms with Gasteiger partial charge in [-0.1, -0.05) is 0 Å². The minimum absolute atomic E-state index is 0.0749. The summed E-state index contributed by atoms with van der Waals surface area (Å²) < 4.78 is 65.6. The van der Waals surface area contributed by atoms with Gasteiger partial charge in [-0.05, 0) is 30.3 Å². The van der Waals surface area contributed by atoms with E-state index in [2.05, 4.69) is 15.2 Å². The molecule has 150 valence electrons. The van der Waals surface area contributed by atoms with E-state index in [4.69, 9.17) is 0 Å². The number of anilines is 1.